The van der Waals surface area contributed by atoms with Crippen molar-refractivity contribution in [1.82, 2.24) is 5.32 Å². The minimum Gasteiger partial charge on any atom is -0.396 e. The zero-order valence-electron chi connectivity index (χ0n) is 12.8. The molecule has 0 saturated heterocycles. The van der Waals surface area contributed by atoms with Crippen molar-refractivity contribution < 1.29 is 14.8 Å². The number of rotatable bonds is 7. The maximum absolute atomic E-state index is 12.3. The van der Waals surface area contributed by atoms with Gasteiger partial charge in [0.15, 0.2) is 0 Å². The number of nitro benzene ring substituents is 1. The normalized spacial score (nSPS) is 11.8. The summed E-state index contributed by atoms with van der Waals surface area (Å²) in [4.78, 5) is 22.5. The van der Waals surface area contributed by atoms with Crippen molar-refractivity contribution in [2.75, 3.05) is 13.2 Å². The van der Waals surface area contributed by atoms with Crippen LogP contribution in [0.1, 0.15) is 28.3 Å². The van der Waals surface area contributed by atoms with Crippen molar-refractivity contribution in [3.05, 3.63) is 74.8 Å². The fourth-order valence-electron chi connectivity index (χ4n) is 2.38. The summed E-state index contributed by atoms with van der Waals surface area (Å²) in [6.07, 6.45) is 0.493. The standard InChI is InChI=1S/C17H17ClN2O4/c18-16-7-6-14(20(23)24)10-15(16)17(22)19-11-13(8-9-21)12-4-2-1-3-5-12/h1-7,10,13,21H,8-9,11H2,(H,19,22). The van der Waals surface area contributed by atoms with Gasteiger partial charge in [-0.1, -0.05) is 41.9 Å². The molecule has 0 heterocycles. The number of hydrogen-bond acceptors (Lipinski definition) is 4. The van der Waals surface area contributed by atoms with E-state index in [1.807, 2.05) is 30.3 Å². The Morgan fingerprint density at radius 1 is 1.25 bits per heavy atom. The molecule has 0 aromatic heterocycles. The molecule has 24 heavy (non-hydrogen) atoms. The minimum atomic E-state index is -0.578. The van der Waals surface area contributed by atoms with E-state index in [0.29, 0.717) is 13.0 Å². The number of halogens is 1. The molecule has 1 amide bonds. The van der Waals surface area contributed by atoms with Gasteiger partial charge in [0, 0.05) is 31.2 Å². The van der Waals surface area contributed by atoms with E-state index in [4.69, 9.17) is 11.6 Å². The first kappa shape index (κ1) is 17.9. The van der Waals surface area contributed by atoms with E-state index in [2.05, 4.69) is 5.32 Å². The zero-order chi connectivity index (χ0) is 17.5. The van der Waals surface area contributed by atoms with Crippen LogP contribution in [0.3, 0.4) is 0 Å². The SMILES string of the molecule is O=C(NCC(CCO)c1ccccc1)c1cc([N+](=O)[O-])ccc1Cl. The molecule has 6 nitrogen and oxygen atoms in total. The molecule has 0 fully saturated rings. The van der Waals surface area contributed by atoms with Crippen LogP contribution in [-0.2, 0) is 0 Å². The molecule has 1 unspecified atom stereocenters. The van der Waals surface area contributed by atoms with Crippen LogP contribution in [0.15, 0.2) is 48.5 Å². The van der Waals surface area contributed by atoms with Gasteiger partial charge in [-0.05, 0) is 18.1 Å². The van der Waals surface area contributed by atoms with Crippen LogP contribution in [0.5, 0.6) is 0 Å². The van der Waals surface area contributed by atoms with Gasteiger partial charge in [0.25, 0.3) is 11.6 Å². The van der Waals surface area contributed by atoms with E-state index in [0.717, 1.165) is 11.6 Å². The summed E-state index contributed by atoms with van der Waals surface area (Å²) in [5.41, 5.74) is 0.859. The van der Waals surface area contributed by atoms with Crippen LogP contribution in [0.25, 0.3) is 0 Å². The Hall–Kier alpha value is -2.44. The predicted molar refractivity (Wildman–Crippen MR) is 91.3 cm³/mol. The van der Waals surface area contributed by atoms with Crippen molar-refractivity contribution in [2.45, 2.75) is 12.3 Å². The lowest BCUT2D eigenvalue weighted by Gasteiger charge is -2.17. The maximum atomic E-state index is 12.3. The number of nitrogens with one attached hydrogen (secondary N) is 1. The van der Waals surface area contributed by atoms with E-state index < -0.39 is 10.8 Å². The highest BCUT2D eigenvalue weighted by Crippen LogP contribution is 2.23. The van der Waals surface area contributed by atoms with Gasteiger partial charge < -0.3 is 10.4 Å². The van der Waals surface area contributed by atoms with E-state index in [9.17, 15) is 20.0 Å². The molecule has 1 atom stereocenters. The Bertz CT molecular complexity index is 722. The molecule has 7 heteroatoms. The van der Waals surface area contributed by atoms with Crippen LogP contribution < -0.4 is 5.32 Å². The van der Waals surface area contributed by atoms with Crippen molar-refractivity contribution in [3.8, 4) is 0 Å². The number of aliphatic hydroxyl groups is 1. The third-order valence-electron chi connectivity index (χ3n) is 3.66. The molecule has 2 aromatic rings. The fourth-order valence-corrected chi connectivity index (χ4v) is 2.58. The lowest BCUT2D eigenvalue weighted by molar-refractivity contribution is -0.384. The average molecular weight is 349 g/mol. The summed E-state index contributed by atoms with van der Waals surface area (Å²) in [5, 5.41) is 22.9. The summed E-state index contributed by atoms with van der Waals surface area (Å²) < 4.78 is 0. The Morgan fingerprint density at radius 3 is 2.58 bits per heavy atom. The number of non-ortho nitro benzene ring substituents is 1. The molecule has 2 N–H and O–H groups in total. The first-order valence-corrected chi connectivity index (χ1v) is 7.78. The van der Waals surface area contributed by atoms with Gasteiger partial charge in [0.1, 0.15) is 0 Å². The second kappa shape index (κ2) is 8.42. The van der Waals surface area contributed by atoms with Gasteiger partial charge in [-0.3, -0.25) is 14.9 Å². The highest BCUT2D eigenvalue weighted by Gasteiger charge is 2.18. The molecule has 0 saturated carbocycles. The largest absolute Gasteiger partial charge is 0.396 e. The highest BCUT2D eigenvalue weighted by molar-refractivity contribution is 6.33. The van der Waals surface area contributed by atoms with Gasteiger partial charge >= 0.3 is 0 Å². The third-order valence-corrected chi connectivity index (χ3v) is 3.99. The number of nitrogens with zero attached hydrogens (tertiary/aromatic N) is 1. The summed E-state index contributed by atoms with van der Waals surface area (Å²) in [6.45, 7) is 0.287. The first-order valence-electron chi connectivity index (χ1n) is 7.41. The van der Waals surface area contributed by atoms with Crippen LogP contribution in [0, 0.1) is 10.1 Å². The number of hydrogen-bond donors (Lipinski definition) is 2. The average Bonchev–Trinajstić information content (AvgIpc) is 2.59. The monoisotopic (exact) mass is 348 g/mol. The van der Waals surface area contributed by atoms with Gasteiger partial charge in [-0.25, -0.2) is 0 Å². The fraction of sp³-hybridized carbons (Fsp3) is 0.235. The molecule has 0 aliphatic carbocycles. The summed E-state index contributed by atoms with van der Waals surface area (Å²) in [6, 6.07) is 13.2. The number of carbonyl (C=O) groups excluding carboxylic acids is 1. The molecule has 0 spiro atoms. The molecule has 126 valence electrons. The van der Waals surface area contributed by atoms with Crippen LogP contribution in [-0.4, -0.2) is 29.1 Å². The quantitative estimate of drug-likeness (QED) is 0.593. The number of carbonyl (C=O) groups is 1. The van der Waals surface area contributed by atoms with Crippen molar-refractivity contribution in [2.24, 2.45) is 0 Å². The number of benzene rings is 2. The van der Waals surface area contributed by atoms with E-state index in [1.165, 1.54) is 12.1 Å². The number of amides is 1. The number of nitro groups is 1. The van der Waals surface area contributed by atoms with E-state index in [1.54, 1.807) is 0 Å². The molecule has 0 aliphatic heterocycles. The van der Waals surface area contributed by atoms with Gasteiger partial charge in [0.05, 0.1) is 15.5 Å². The van der Waals surface area contributed by atoms with Crippen LogP contribution in [0.4, 0.5) is 5.69 Å². The second-order valence-corrected chi connectivity index (χ2v) is 5.66. The second-order valence-electron chi connectivity index (χ2n) is 5.25. The van der Waals surface area contributed by atoms with E-state index >= 15 is 0 Å². The molecule has 0 radical (unpaired) electrons. The molecular formula is C17H17ClN2O4. The number of aliphatic hydroxyl groups excluding tert-OH is 1. The van der Waals surface area contributed by atoms with Crippen molar-refractivity contribution >= 4 is 23.2 Å². The summed E-state index contributed by atoms with van der Waals surface area (Å²) >= 11 is 5.97. The van der Waals surface area contributed by atoms with Crippen molar-refractivity contribution in [3.63, 3.8) is 0 Å². The third kappa shape index (κ3) is 4.53. The van der Waals surface area contributed by atoms with Gasteiger partial charge in [0.2, 0.25) is 0 Å². The van der Waals surface area contributed by atoms with Crippen LogP contribution in [0.2, 0.25) is 5.02 Å². The van der Waals surface area contributed by atoms with Crippen LogP contribution >= 0.6 is 11.6 Å². The Balaban J connectivity index is 2.11. The Morgan fingerprint density at radius 2 is 1.96 bits per heavy atom. The maximum Gasteiger partial charge on any atom is 0.270 e. The molecular weight excluding hydrogens is 332 g/mol. The first-order chi connectivity index (χ1) is 11.5. The smallest absolute Gasteiger partial charge is 0.270 e. The Labute approximate surface area is 144 Å². The summed E-state index contributed by atoms with van der Waals surface area (Å²) in [5.74, 6) is -0.541. The lowest BCUT2D eigenvalue weighted by Crippen LogP contribution is -2.29. The molecule has 2 rings (SSSR count). The molecule has 2 aromatic carbocycles. The summed E-state index contributed by atoms with van der Waals surface area (Å²) in [7, 11) is 0. The van der Waals surface area contributed by atoms with E-state index in [-0.39, 0.29) is 28.8 Å². The molecule has 0 aliphatic rings. The van der Waals surface area contributed by atoms with Crippen molar-refractivity contribution in [1.29, 1.82) is 0 Å². The topological polar surface area (TPSA) is 92.5 Å². The minimum absolute atomic E-state index is 0.00695. The van der Waals surface area contributed by atoms with Gasteiger partial charge in [-0.15, -0.1) is 0 Å². The van der Waals surface area contributed by atoms with Gasteiger partial charge in [-0.2, -0.15) is 0 Å². The lowest BCUT2D eigenvalue weighted by atomic mass is 9.96. The highest BCUT2D eigenvalue weighted by atomic mass is 35.5. The molecule has 0 bridgehead atoms. The zero-order valence-corrected chi connectivity index (χ0v) is 13.6. The Kier molecular flexibility index (Phi) is 6.28. The predicted octanol–water partition coefficient (Wildman–Crippen LogP) is 3.14.